The van der Waals surface area contributed by atoms with Gasteiger partial charge in [0.05, 0.1) is 11.7 Å². The summed E-state index contributed by atoms with van der Waals surface area (Å²) in [5.41, 5.74) is 1.76. The summed E-state index contributed by atoms with van der Waals surface area (Å²) >= 11 is 0. The first-order valence-corrected chi connectivity index (χ1v) is 13.2. The molecule has 3 aromatic rings. The Bertz CT molecular complexity index is 1560. The Hall–Kier alpha value is -5.00. The van der Waals surface area contributed by atoms with Crippen LogP contribution >= 0.6 is 0 Å². The van der Waals surface area contributed by atoms with E-state index in [1.54, 1.807) is 26.0 Å². The summed E-state index contributed by atoms with van der Waals surface area (Å²) in [6.07, 6.45) is -0.715. The molecule has 4 amide bonds. The van der Waals surface area contributed by atoms with E-state index < -0.39 is 35.6 Å². The second kappa shape index (κ2) is 11.9. The van der Waals surface area contributed by atoms with Crippen LogP contribution in [-0.4, -0.2) is 40.9 Å². The van der Waals surface area contributed by atoms with Crippen LogP contribution in [0.1, 0.15) is 48.2 Å². The molecule has 3 aromatic carbocycles. The predicted octanol–water partition coefficient (Wildman–Crippen LogP) is 5.05. The van der Waals surface area contributed by atoms with Gasteiger partial charge >= 0.3 is 6.09 Å². The second-order valence-electron chi connectivity index (χ2n) is 10.0. The van der Waals surface area contributed by atoms with Crippen molar-refractivity contribution in [1.29, 1.82) is 0 Å². The SMILES string of the molecule is CC(C)Oc1c(COC(=O)Nc2ccc(Oc3cccc(F)c3F)cc2)ccc2c1C(=O)N(C1CCC(=O)NC1=O)C2. The molecule has 0 aliphatic carbocycles. The zero-order chi connectivity index (χ0) is 30.0. The van der Waals surface area contributed by atoms with Gasteiger partial charge in [0.2, 0.25) is 17.6 Å². The number of hydrogen-bond acceptors (Lipinski definition) is 7. The van der Waals surface area contributed by atoms with Gasteiger partial charge in [0.25, 0.3) is 5.91 Å². The van der Waals surface area contributed by atoms with Gasteiger partial charge in [-0.3, -0.25) is 25.0 Å². The number of carbonyl (C=O) groups excluding carboxylic acids is 4. The number of halogens is 2. The van der Waals surface area contributed by atoms with Crippen molar-refractivity contribution in [2.75, 3.05) is 5.32 Å². The molecule has 2 aliphatic rings. The number of imide groups is 1. The Morgan fingerprint density at radius 3 is 2.55 bits per heavy atom. The summed E-state index contributed by atoms with van der Waals surface area (Å²) in [5, 5.41) is 4.84. The van der Waals surface area contributed by atoms with Crippen LogP contribution in [0.15, 0.2) is 54.6 Å². The molecule has 2 aliphatic heterocycles. The molecule has 42 heavy (non-hydrogen) atoms. The van der Waals surface area contributed by atoms with Crippen molar-refractivity contribution in [3.8, 4) is 17.2 Å². The molecule has 12 heteroatoms. The Balaban J connectivity index is 1.25. The molecule has 2 heterocycles. The lowest BCUT2D eigenvalue weighted by atomic mass is 10.0. The third kappa shape index (κ3) is 6.02. The fraction of sp³-hybridized carbons (Fsp3) is 0.267. The van der Waals surface area contributed by atoms with Gasteiger partial charge in [-0.25, -0.2) is 9.18 Å². The van der Waals surface area contributed by atoms with Crippen LogP contribution in [0.4, 0.5) is 19.3 Å². The largest absolute Gasteiger partial charge is 0.490 e. The molecule has 1 fully saturated rings. The lowest BCUT2D eigenvalue weighted by molar-refractivity contribution is -0.136. The van der Waals surface area contributed by atoms with E-state index in [4.69, 9.17) is 14.2 Å². The minimum atomic E-state index is -1.11. The Morgan fingerprint density at radius 1 is 1.07 bits per heavy atom. The second-order valence-corrected chi connectivity index (χ2v) is 10.0. The number of fused-ring (bicyclic) bond motifs is 1. The number of benzene rings is 3. The fourth-order valence-electron chi connectivity index (χ4n) is 4.74. The van der Waals surface area contributed by atoms with E-state index in [1.807, 2.05) is 0 Å². The summed E-state index contributed by atoms with van der Waals surface area (Å²) in [6, 6.07) is 12.2. The molecule has 0 spiro atoms. The number of piperidine rings is 1. The van der Waals surface area contributed by atoms with Gasteiger partial charge < -0.3 is 19.1 Å². The van der Waals surface area contributed by atoms with Crippen molar-refractivity contribution < 1.29 is 42.2 Å². The van der Waals surface area contributed by atoms with Gasteiger partial charge in [0.15, 0.2) is 11.6 Å². The lowest BCUT2D eigenvalue weighted by Gasteiger charge is -2.29. The molecule has 5 rings (SSSR count). The van der Waals surface area contributed by atoms with Gasteiger partial charge in [-0.1, -0.05) is 18.2 Å². The molecule has 0 saturated carbocycles. The van der Waals surface area contributed by atoms with Crippen LogP contribution in [-0.2, 0) is 27.5 Å². The summed E-state index contributed by atoms with van der Waals surface area (Å²) in [4.78, 5) is 51.4. The van der Waals surface area contributed by atoms with Crippen LogP contribution in [0.5, 0.6) is 17.2 Å². The third-order valence-electron chi connectivity index (χ3n) is 6.68. The third-order valence-corrected chi connectivity index (χ3v) is 6.68. The molecule has 10 nitrogen and oxygen atoms in total. The van der Waals surface area contributed by atoms with E-state index in [1.165, 1.54) is 41.3 Å². The molecule has 0 bridgehead atoms. The molecule has 1 atom stereocenters. The van der Waals surface area contributed by atoms with Gasteiger partial charge in [-0.15, -0.1) is 0 Å². The fourth-order valence-corrected chi connectivity index (χ4v) is 4.74. The highest BCUT2D eigenvalue weighted by molar-refractivity contribution is 6.06. The standard InChI is InChI=1S/C30H27F2N3O7/c1-16(2)41-27-18(7-6-17-14-35(29(38)25(17)27)22-12-13-24(36)34-28(22)37)15-40-30(39)33-19-8-10-20(11-9-19)42-23-5-3-4-21(31)26(23)32/h3-11,16,22H,12-15H2,1-2H3,(H,33,39)(H,34,36,37). The molecule has 0 aromatic heterocycles. The number of rotatable bonds is 8. The minimum Gasteiger partial charge on any atom is -0.490 e. The number of amides is 4. The Kier molecular flexibility index (Phi) is 8.05. The van der Waals surface area contributed by atoms with E-state index in [-0.39, 0.29) is 55.3 Å². The van der Waals surface area contributed by atoms with Crippen molar-refractivity contribution in [3.05, 3.63) is 82.9 Å². The summed E-state index contributed by atoms with van der Waals surface area (Å²) < 4.78 is 44.0. The number of hydrogen-bond donors (Lipinski definition) is 2. The monoisotopic (exact) mass is 579 g/mol. The zero-order valence-electron chi connectivity index (χ0n) is 22.7. The Labute approximate surface area is 239 Å². The van der Waals surface area contributed by atoms with E-state index in [0.717, 1.165) is 6.07 Å². The van der Waals surface area contributed by atoms with Crippen LogP contribution < -0.4 is 20.1 Å². The zero-order valence-corrected chi connectivity index (χ0v) is 22.7. The topological polar surface area (TPSA) is 123 Å². The molecular weight excluding hydrogens is 552 g/mol. The molecular formula is C30H27F2N3O7. The highest BCUT2D eigenvalue weighted by Gasteiger charge is 2.41. The van der Waals surface area contributed by atoms with Crippen molar-refractivity contribution in [2.45, 2.75) is 52.0 Å². The number of anilines is 1. The molecule has 2 N–H and O–H groups in total. The van der Waals surface area contributed by atoms with Crippen LogP contribution in [0, 0.1) is 11.6 Å². The maximum Gasteiger partial charge on any atom is 0.411 e. The predicted molar refractivity (Wildman–Crippen MR) is 145 cm³/mol. The van der Waals surface area contributed by atoms with Crippen molar-refractivity contribution >= 4 is 29.5 Å². The van der Waals surface area contributed by atoms with Crippen molar-refractivity contribution in [1.82, 2.24) is 10.2 Å². The average Bonchev–Trinajstić information content (AvgIpc) is 3.28. The first-order chi connectivity index (χ1) is 20.1. The number of carbonyl (C=O) groups is 4. The first kappa shape index (κ1) is 28.5. The quantitative estimate of drug-likeness (QED) is 0.358. The van der Waals surface area contributed by atoms with Crippen molar-refractivity contribution in [3.63, 3.8) is 0 Å². The maximum absolute atomic E-state index is 13.9. The van der Waals surface area contributed by atoms with Crippen molar-refractivity contribution in [2.24, 2.45) is 0 Å². The molecule has 1 unspecified atom stereocenters. The molecule has 218 valence electrons. The van der Waals surface area contributed by atoms with Gasteiger partial charge in [0.1, 0.15) is 24.1 Å². The van der Waals surface area contributed by atoms with Gasteiger partial charge in [0, 0.05) is 24.2 Å². The molecule has 1 saturated heterocycles. The summed E-state index contributed by atoms with van der Waals surface area (Å²) in [6.45, 7) is 3.56. The minimum absolute atomic E-state index is 0.140. The van der Waals surface area contributed by atoms with Gasteiger partial charge in [-0.05, 0) is 62.2 Å². The number of nitrogens with one attached hydrogen (secondary N) is 2. The average molecular weight is 580 g/mol. The van der Waals surface area contributed by atoms with Gasteiger partial charge in [-0.2, -0.15) is 4.39 Å². The Morgan fingerprint density at radius 2 is 1.83 bits per heavy atom. The summed E-state index contributed by atoms with van der Waals surface area (Å²) in [5.74, 6) is -3.21. The van der Waals surface area contributed by atoms with E-state index in [9.17, 15) is 28.0 Å². The van der Waals surface area contributed by atoms with E-state index >= 15 is 0 Å². The first-order valence-electron chi connectivity index (χ1n) is 13.2. The van der Waals surface area contributed by atoms with Crippen LogP contribution in [0.25, 0.3) is 0 Å². The summed E-state index contributed by atoms with van der Waals surface area (Å²) in [7, 11) is 0. The van der Waals surface area contributed by atoms with Crippen LogP contribution in [0.3, 0.4) is 0 Å². The maximum atomic E-state index is 13.9. The van der Waals surface area contributed by atoms with E-state index in [0.29, 0.717) is 22.4 Å². The number of nitrogens with zero attached hydrogens (tertiary/aromatic N) is 1. The highest BCUT2D eigenvalue weighted by Crippen LogP contribution is 2.37. The van der Waals surface area contributed by atoms with Crippen LogP contribution in [0.2, 0.25) is 0 Å². The lowest BCUT2D eigenvalue weighted by Crippen LogP contribution is -2.52. The highest BCUT2D eigenvalue weighted by atomic mass is 19.2. The number of ether oxygens (including phenoxy) is 3. The van der Waals surface area contributed by atoms with E-state index in [2.05, 4.69) is 10.6 Å². The smallest absolute Gasteiger partial charge is 0.411 e. The normalized spacial score (nSPS) is 16.3. The molecule has 0 radical (unpaired) electrons.